The molecule has 1 aromatic heterocycles. The lowest BCUT2D eigenvalue weighted by atomic mass is 9.98. The highest BCUT2D eigenvalue weighted by Crippen LogP contribution is 2.32. The third kappa shape index (κ3) is 4.33. The van der Waals surface area contributed by atoms with Crippen LogP contribution in [-0.2, 0) is 14.8 Å². The molecule has 4 rings (SSSR count). The summed E-state index contributed by atoms with van der Waals surface area (Å²) in [6.07, 6.45) is 1.10. The number of thiophene rings is 1. The number of piperidine rings is 1. The summed E-state index contributed by atoms with van der Waals surface area (Å²) in [4.78, 5) is 15.6. The molecule has 30 heavy (non-hydrogen) atoms. The van der Waals surface area contributed by atoms with Crippen molar-refractivity contribution in [3.8, 4) is 11.5 Å². The van der Waals surface area contributed by atoms with Crippen molar-refractivity contribution < 1.29 is 22.7 Å². The fourth-order valence-corrected chi connectivity index (χ4v) is 6.86. The van der Waals surface area contributed by atoms with Crippen LogP contribution >= 0.6 is 11.3 Å². The van der Waals surface area contributed by atoms with Crippen molar-refractivity contribution in [3.05, 3.63) is 41.3 Å². The number of hydrogen-bond acceptors (Lipinski definition) is 6. The van der Waals surface area contributed by atoms with Crippen molar-refractivity contribution >= 4 is 27.3 Å². The third-order valence-corrected chi connectivity index (χ3v) is 8.80. The van der Waals surface area contributed by atoms with Crippen LogP contribution in [0.5, 0.6) is 11.5 Å². The van der Waals surface area contributed by atoms with Crippen molar-refractivity contribution in [1.82, 2.24) is 9.21 Å². The Bertz CT molecular complexity index is 1020. The van der Waals surface area contributed by atoms with Crippen molar-refractivity contribution in [2.45, 2.75) is 30.1 Å². The lowest BCUT2D eigenvalue weighted by Crippen LogP contribution is -2.48. The summed E-state index contributed by atoms with van der Waals surface area (Å²) >= 11 is 1.27. The molecule has 0 saturated carbocycles. The standard InChI is InChI=1S/C21H26N2O5S2/c1-15-9-10-20(29-15)30(25,26)23-11-5-6-16(12-23)21(24)22(2)13-17-14-27-18-7-3-4-8-19(18)28-17/h3-4,7-10,16-17H,5-6,11-14H2,1-2H3. The number of hydrogen-bond donors (Lipinski definition) is 0. The quantitative estimate of drug-likeness (QED) is 0.700. The Morgan fingerprint density at radius 3 is 2.73 bits per heavy atom. The van der Waals surface area contributed by atoms with Gasteiger partial charge in [0.15, 0.2) is 17.6 Å². The Balaban J connectivity index is 1.38. The average Bonchev–Trinajstić information content (AvgIpc) is 3.20. The molecule has 3 heterocycles. The number of likely N-dealkylation sites (N-methyl/N-ethyl adjacent to an activating group) is 1. The van der Waals surface area contributed by atoms with Crippen LogP contribution in [0.1, 0.15) is 17.7 Å². The molecule has 0 aliphatic carbocycles. The van der Waals surface area contributed by atoms with E-state index in [1.54, 1.807) is 18.0 Å². The summed E-state index contributed by atoms with van der Waals surface area (Å²) in [5.74, 6) is 0.978. The molecule has 1 amide bonds. The highest BCUT2D eigenvalue weighted by molar-refractivity contribution is 7.91. The highest BCUT2D eigenvalue weighted by Gasteiger charge is 2.35. The number of rotatable bonds is 5. The second-order valence-corrected chi connectivity index (χ2v) is 11.2. The van der Waals surface area contributed by atoms with E-state index in [4.69, 9.17) is 9.47 Å². The van der Waals surface area contributed by atoms with E-state index in [0.29, 0.717) is 48.2 Å². The van der Waals surface area contributed by atoms with Crippen molar-refractivity contribution in [1.29, 1.82) is 0 Å². The lowest BCUT2D eigenvalue weighted by molar-refractivity contribution is -0.136. The maximum atomic E-state index is 13.0. The second kappa shape index (κ2) is 8.56. The van der Waals surface area contributed by atoms with Crippen LogP contribution in [0, 0.1) is 12.8 Å². The first-order valence-corrected chi connectivity index (χ1v) is 12.3. The number of carbonyl (C=O) groups excluding carboxylic acids is 1. The van der Waals surface area contributed by atoms with Crippen LogP contribution in [0.4, 0.5) is 0 Å². The van der Waals surface area contributed by atoms with Gasteiger partial charge in [-0.3, -0.25) is 4.79 Å². The molecule has 0 bridgehead atoms. The maximum Gasteiger partial charge on any atom is 0.252 e. The Kier molecular flexibility index (Phi) is 6.04. The van der Waals surface area contributed by atoms with Crippen LogP contribution in [0.3, 0.4) is 0 Å². The molecule has 162 valence electrons. The summed E-state index contributed by atoms with van der Waals surface area (Å²) < 4.78 is 39.4. The molecule has 7 nitrogen and oxygen atoms in total. The number of ether oxygens (including phenoxy) is 2. The van der Waals surface area contributed by atoms with Gasteiger partial charge in [-0.05, 0) is 44.0 Å². The van der Waals surface area contributed by atoms with Gasteiger partial charge in [0.2, 0.25) is 5.91 Å². The highest BCUT2D eigenvalue weighted by atomic mass is 32.2. The molecular weight excluding hydrogens is 424 g/mol. The van der Waals surface area contributed by atoms with Gasteiger partial charge in [0.1, 0.15) is 10.8 Å². The number of carbonyl (C=O) groups is 1. The number of aryl methyl sites for hydroxylation is 1. The van der Waals surface area contributed by atoms with Crippen LogP contribution < -0.4 is 9.47 Å². The number of amides is 1. The zero-order valence-electron chi connectivity index (χ0n) is 17.1. The number of benzene rings is 1. The largest absolute Gasteiger partial charge is 0.486 e. The Morgan fingerprint density at radius 1 is 1.23 bits per heavy atom. The van der Waals surface area contributed by atoms with Gasteiger partial charge in [-0.25, -0.2) is 8.42 Å². The predicted molar refractivity (Wildman–Crippen MR) is 115 cm³/mol. The molecule has 0 spiro atoms. The van der Waals surface area contributed by atoms with Crippen LogP contribution in [0.2, 0.25) is 0 Å². The molecular formula is C21H26N2O5S2. The molecule has 2 aromatic rings. The fourth-order valence-electron chi connectivity index (χ4n) is 3.90. The Hall–Kier alpha value is -2.10. The topological polar surface area (TPSA) is 76.2 Å². The maximum absolute atomic E-state index is 13.0. The Labute approximate surface area is 181 Å². The van der Waals surface area contributed by atoms with E-state index in [1.165, 1.54) is 15.6 Å². The van der Waals surface area contributed by atoms with Crippen LogP contribution in [0.25, 0.3) is 0 Å². The van der Waals surface area contributed by atoms with Gasteiger partial charge in [-0.15, -0.1) is 11.3 Å². The number of para-hydroxylation sites is 2. The van der Waals surface area contributed by atoms with E-state index in [1.807, 2.05) is 37.3 Å². The molecule has 2 atom stereocenters. The SMILES string of the molecule is Cc1ccc(S(=O)(=O)N2CCCC(C(=O)N(C)CC3COc4ccccc4O3)C2)s1. The van der Waals surface area contributed by atoms with E-state index < -0.39 is 10.0 Å². The molecule has 1 saturated heterocycles. The molecule has 1 aromatic carbocycles. The van der Waals surface area contributed by atoms with Gasteiger partial charge < -0.3 is 14.4 Å². The van der Waals surface area contributed by atoms with E-state index >= 15 is 0 Å². The zero-order chi connectivity index (χ0) is 21.3. The molecule has 2 unspecified atom stereocenters. The summed E-state index contributed by atoms with van der Waals surface area (Å²) in [5, 5.41) is 0. The first-order valence-electron chi connectivity index (χ1n) is 10.0. The van der Waals surface area contributed by atoms with E-state index in [0.717, 1.165) is 4.88 Å². The van der Waals surface area contributed by atoms with Crippen molar-refractivity contribution in [3.63, 3.8) is 0 Å². The fraction of sp³-hybridized carbons (Fsp3) is 0.476. The van der Waals surface area contributed by atoms with Gasteiger partial charge in [-0.2, -0.15) is 4.31 Å². The normalized spacial score (nSPS) is 21.9. The van der Waals surface area contributed by atoms with E-state index in [-0.39, 0.29) is 24.5 Å². The van der Waals surface area contributed by atoms with Gasteiger partial charge >= 0.3 is 0 Å². The summed E-state index contributed by atoms with van der Waals surface area (Å²) in [7, 11) is -1.82. The summed E-state index contributed by atoms with van der Waals surface area (Å²) in [6.45, 7) is 3.31. The minimum absolute atomic E-state index is 0.0558. The monoisotopic (exact) mass is 450 g/mol. The minimum atomic E-state index is -3.56. The number of sulfonamides is 1. The Morgan fingerprint density at radius 2 is 2.00 bits per heavy atom. The molecule has 0 N–H and O–H groups in total. The molecule has 1 fully saturated rings. The molecule has 2 aliphatic heterocycles. The van der Waals surface area contributed by atoms with Gasteiger partial charge in [-0.1, -0.05) is 12.1 Å². The summed E-state index contributed by atoms with van der Waals surface area (Å²) in [5.41, 5.74) is 0. The zero-order valence-corrected chi connectivity index (χ0v) is 18.7. The van der Waals surface area contributed by atoms with Gasteiger partial charge in [0.05, 0.1) is 12.5 Å². The van der Waals surface area contributed by atoms with Crippen molar-refractivity contribution in [2.75, 3.05) is 33.3 Å². The predicted octanol–water partition coefficient (Wildman–Crippen LogP) is 2.76. The first kappa shape index (κ1) is 21.1. The first-order chi connectivity index (χ1) is 14.3. The molecule has 9 heteroatoms. The van der Waals surface area contributed by atoms with E-state index in [9.17, 15) is 13.2 Å². The summed E-state index contributed by atoms with van der Waals surface area (Å²) in [6, 6.07) is 10.9. The lowest BCUT2D eigenvalue weighted by Gasteiger charge is -2.34. The minimum Gasteiger partial charge on any atom is -0.486 e. The van der Waals surface area contributed by atoms with E-state index in [2.05, 4.69) is 0 Å². The van der Waals surface area contributed by atoms with Gasteiger partial charge in [0.25, 0.3) is 10.0 Å². The van der Waals surface area contributed by atoms with Crippen LogP contribution in [0.15, 0.2) is 40.6 Å². The van der Waals surface area contributed by atoms with Crippen molar-refractivity contribution in [2.24, 2.45) is 5.92 Å². The smallest absolute Gasteiger partial charge is 0.252 e. The molecule has 0 radical (unpaired) electrons. The van der Waals surface area contributed by atoms with Gasteiger partial charge in [0, 0.05) is 25.0 Å². The number of fused-ring (bicyclic) bond motifs is 1. The average molecular weight is 451 g/mol. The molecule has 2 aliphatic rings. The second-order valence-electron chi connectivity index (χ2n) is 7.78. The van der Waals surface area contributed by atoms with Crippen LogP contribution in [-0.4, -0.2) is 62.9 Å². The third-order valence-electron chi connectivity index (χ3n) is 5.46. The number of nitrogens with zero attached hydrogens (tertiary/aromatic N) is 2.